The molecule has 0 aliphatic carbocycles. The first-order valence-corrected chi connectivity index (χ1v) is 5.44. The van der Waals surface area contributed by atoms with Gasteiger partial charge in [-0.15, -0.1) is 0 Å². The Labute approximate surface area is 104 Å². The van der Waals surface area contributed by atoms with Gasteiger partial charge in [0.2, 0.25) is 0 Å². The van der Waals surface area contributed by atoms with Crippen LogP contribution in [0.25, 0.3) is 0 Å². The zero-order chi connectivity index (χ0) is 13.1. The smallest absolute Gasteiger partial charge is 0.270 e. The Bertz CT molecular complexity index is 603. The van der Waals surface area contributed by atoms with E-state index in [-0.39, 0.29) is 11.5 Å². The lowest BCUT2D eigenvalue weighted by atomic mass is 10.0. The molecule has 0 aliphatic heterocycles. The third-order valence-electron chi connectivity index (χ3n) is 2.63. The van der Waals surface area contributed by atoms with E-state index in [0.717, 1.165) is 5.56 Å². The summed E-state index contributed by atoms with van der Waals surface area (Å²) in [5.41, 5.74) is 1.84. The quantitative estimate of drug-likeness (QED) is 0.471. The molecule has 0 heterocycles. The summed E-state index contributed by atoms with van der Waals surface area (Å²) in [5, 5.41) is 10.7. The maximum absolute atomic E-state index is 12.1. The van der Waals surface area contributed by atoms with Gasteiger partial charge in [-0.3, -0.25) is 14.9 Å². The van der Waals surface area contributed by atoms with Crippen molar-refractivity contribution in [3.05, 3.63) is 75.3 Å². The van der Waals surface area contributed by atoms with Crippen LogP contribution in [0.1, 0.15) is 21.5 Å². The van der Waals surface area contributed by atoms with Crippen molar-refractivity contribution < 1.29 is 9.72 Å². The Morgan fingerprint density at radius 3 is 2.33 bits per heavy atom. The van der Waals surface area contributed by atoms with Crippen LogP contribution >= 0.6 is 0 Å². The number of non-ortho nitro benzene ring substituents is 1. The normalized spacial score (nSPS) is 10.1. The summed E-state index contributed by atoms with van der Waals surface area (Å²) in [4.78, 5) is 22.3. The Balaban J connectivity index is 2.37. The first-order chi connectivity index (χ1) is 8.58. The average molecular weight is 241 g/mol. The highest BCUT2D eigenvalue weighted by Crippen LogP contribution is 2.16. The van der Waals surface area contributed by atoms with Gasteiger partial charge in [-0.05, 0) is 6.92 Å². The van der Waals surface area contributed by atoms with Gasteiger partial charge in [-0.2, -0.15) is 0 Å². The van der Waals surface area contributed by atoms with Crippen molar-refractivity contribution in [2.45, 2.75) is 6.92 Å². The van der Waals surface area contributed by atoms with Crippen molar-refractivity contribution in [2.75, 3.05) is 0 Å². The first-order valence-electron chi connectivity index (χ1n) is 5.44. The molecule has 0 radical (unpaired) electrons. The molecule has 4 nitrogen and oxygen atoms in total. The molecule has 0 saturated carbocycles. The molecule has 0 saturated heterocycles. The summed E-state index contributed by atoms with van der Waals surface area (Å²) >= 11 is 0. The van der Waals surface area contributed by atoms with Gasteiger partial charge < -0.3 is 0 Å². The van der Waals surface area contributed by atoms with Crippen LogP contribution in [0.2, 0.25) is 0 Å². The molecule has 4 heteroatoms. The number of benzene rings is 2. The van der Waals surface area contributed by atoms with Crippen LogP contribution in [0.4, 0.5) is 5.69 Å². The van der Waals surface area contributed by atoms with Gasteiger partial charge in [0.25, 0.3) is 5.69 Å². The van der Waals surface area contributed by atoms with Crippen LogP contribution in [0.3, 0.4) is 0 Å². The third kappa shape index (κ3) is 2.43. The topological polar surface area (TPSA) is 60.2 Å². The van der Waals surface area contributed by atoms with Crippen LogP contribution in [0, 0.1) is 17.0 Å². The van der Waals surface area contributed by atoms with Crippen molar-refractivity contribution >= 4 is 11.5 Å². The van der Waals surface area contributed by atoms with E-state index in [1.54, 1.807) is 18.2 Å². The van der Waals surface area contributed by atoms with E-state index in [1.807, 2.05) is 19.1 Å². The van der Waals surface area contributed by atoms with Gasteiger partial charge in [0.1, 0.15) is 0 Å². The molecule has 0 spiro atoms. The summed E-state index contributed by atoms with van der Waals surface area (Å²) in [6.45, 7) is 1.93. The Morgan fingerprint density at radius 2 is 1.72 bits per heavy atom. The first kappa shape index (κ1) is 12.0. The highest BCUT2D eigenvalue weighted by Gasteiger charge is 2.12. The number of carbonyl (C=O) groups excluding carboxylic acids is 1. The minimum Gasteiger partial charge on any atom is -0.289 e. The minimum atomic E-state index is -0.508. The molecule has 18 heavy (non-hydrogen) atoms. The molecule has 0 bridgehead atoms. The molecule has 90 valence electrons. The monoisotopic (exact) mass is 241 g/mol. The predicted octanol–water partition coefficient (Wildman–Crippen LogP) is 3.13. The number of aryl methyl sites for hydroxylation is 1. The highest BCUT2D eigenvalue weighted by atomic mass is 16.6. The summed E-state index contributed by atoms with van der Waals surface area (Å²) in [5.74, 6) is -0.210. The van der Waals surface area contributed by atoms with E-state index in [0.29, 0.717) is 11.1 Å². The van der Waals surface area contributed by atoms with Crippen LogP contribution in [0.15, 0.2) is 48.5 Å². The molecular formula is C14H11NO3. The van der Waals surface area contributed by atoms with Crippen LogP contribution < -0.4 is 0 Å². The third-order valence-corrected chi connectivity index (χ3v) is 2.63. The second-order valence-electron chi connectivity index (χ2n) is 4.00. The van der Waals surface area contributed by atoms with E-state index in [1.165, 1.54) is 18.2 Å². The molecule has 2 aromatic carbocycles. The zero-order valence-electron chi connectivity index (χ0n) is 9.79. The molecule has 0 amide bonds. The van der Waals surface area contributed by atoms with E-state index in [2.05, 4.69) is 0 Å². The predicted molar refractivity (Wildman–Crippen MR) is 67.7 cm³/mol. The van der Waals surface area contributed by atoms with E-state index in [9.17, 15) is 14.9 Å². The van der Waals surface area contributed by atoms with Crippen molar-refractivity contribution in [2.24, 2.45) is 0 Å². The lowest BCUT2D eigenvalue weighted by Crippen LogP contribution is -2.02. The molecule has 0 atom stereocenters. The van der Waals surface area contributed by atoms with Gasteiger partial charge >= 0.3 is 0 Å². The van der Waals surface area contributed by atoms with Crippen molar-refractivity contribution in [1.82, 2.24) is 0 Å². The lowest BCUT2D eigenvalue weighted by Gasteiger charge is -2.01. The highest BCUT2D eigenvalue weighted by molar-refractivity contribution is 6.09. The fraction of sp³-hybridized carbons (Fsp3) is 0.0714. The number of nitrogens with zero attached hydrogens (tertiary/aromatic N) is 1. The Kier molecular flexibility index (Phi) is 3.19. The van der Waals surface area contributed by atoms with Gasteiger partial charge in [-0.1, -0.05) is 42.0 Å². The maximum atomic E-state index is 12.1. The number of ketones is 1. The number of hydrogen-bond acceptors (Lipinski definition) is 3. The van der Waals surface area contributed by atoms with Crippen LogP contribution in [-0.4, -0.2) is 10.7 Å². The standard InChI is InChI=1S/C14H11NO3/c1-10-5-7-11(8-6-10)14(16)12-3-2-4-13(9-12)15(17)18/h2-9H,1H3. The molecule has 0 fully saturated rings. The number of hydrogen-bond donors (Lipinski definition) is 0. The van der Waals surface area contributed by atoms with Gasteiger partial charge in [0.05, 0.1) is 4.92 Å². The Hall–Kier alpha value is -2.49. The molecule has 0 aliphatic rings. The second kappa shape index (κ2) is 4.79. The maximum Gasteiger partial charge on any atom is 0.270 e. The summed E-state index contributed by atoms with van der Waals surface area (Å²) in [6.07, 6.45) is 0. The largest absolute Gasteiger partial charge is 0.289 e. The van der Waals surface area contributed by atoms with Gasteiger partial charge in [0.15, 0.2) is 5.78 Å². The number of nitro benzene ring substituents is 1. The van der Waals surface area contributed by atoms with Gasteiger partial charge in [-0.25, -0.2) is 0 Å². The van der Waals surface area contributed by atoms with Gasteiger partial charge in [0, 0.05) is 23.3 Å². The number of carbonyl (C=O) groups is 1. The number of rotatable bonds is 3. The Morgan fingerprint density at radius 1 is 1.06 bits per heavy atom. The molecule has 0 N–H and O–H groups in total. The zero-order valence-corrected chi connectivity index (χ0v) is 9.79. The number of nitro groups is 1. The molecule has 0 aromatic heterocycles. The summed E-state index contributed by atoms with van der Waals surface area (Å²) in [6, 6.07) is 12.9. The van der Waals surface area contributed by atoms with Crippen LogP contribution in [-0.2, 0) is 0 Å². The molecule has 2 rings (SSSR count). The second-order valence-corrected chi connectivity index (χ2v) is 4.00. The fourth-order valence-corrected chi connectivity index (χ4v) is 1.63. The minimum absolute atomic E-state index is 0.0760. The van der Waals surface area contributed by atoms with Crippen molar-refractivity contribution in [1.29, 1.82) is 0 Å². The molecule has 2 aromatic rings. The van der Waals surface area contributed by atoms with Crippen LogP contribution in [0.5, 0.6) is 0 Å². The van der Waals surface area contributed by atoms with Crippen molar-refractivity contribution in [3.63, 3.8) is 0 Å². The van der Waals surface area contributed by atoms with E-state index >= 15 is 0 Å². The average Bonchev–Trinajstić information content (AvgIpc) is 2.39. The molecular weight excluding hydrogens is 230 g/mol. The fourth-order valence-electron chi connectivity index (χ4n) is 1.63. The summed E-state index contributed by atoms with van der Waals surface area (Å²) in [7, 11) is 0. The van der Waals surface area contributed by atoms with Crippen molar-refractivity contribution in [3.8, 4) is 0 Å². The molecule has 0 unspecified atom stereocenters. The summed E-state index contributed by atoms with van der Waals surface area (Å²) < 4.78 is 0. The van der Waals surface area contributed by atoms with E-state index < -0.39 is 4.92 Å². The van der Waals surface area contributed by atoms with E-state index in [4.69, 9.17) is 0 Å². The SMILES string of the molecule is Cc1ccc(C(=O)c2cccc([N+](=O)[O-])c2)cc1. The lowest BCUT2D eigenvalue weighted by molar-refractivity contribution is -0.384.